The number of carbonyl (C=O) groups excluding carboxylic acids is 1. The largest absolute Gasteiger partial charge is 0.492 e. The third-order valence-corrected chi connectivity index (χ3v) is 3.34. The molecule has 24 heavy (non-hydrogen) atoms. The van der Waals surface area contributed by atoms with Crippen molar-refractivity contribution < 1.29 is 9.53 Å². The molecule has 0 aliphatic rings. The Morgan fingerprint density at radius 2 is 2.04 bits per heavy atom. The van der Waals surface area contributed by atoms with Crippen molar-refractivity contribution >= 4 is 40.5 Å². The maximum Gasteiger partial charge on any atom is 0.261 e. The highest BCUT2D eigenvalue weighted by molar-refractivity contribution is 7.80. The van der Waals surface area contributed by atoms with Gasteiger partial charge in [-0.15, -0.1) is 0 Å². The second-order valence-electron chi connectivity index (χ2n) is 5.48. The molecule has 126 valence electrons. The van der Waals surface area contributed by atoms with E-state index in [0.29, 0.717) is 34.7 Å². The van der Waals surface area contributed by atoms with Crippen LogP contribution in [0.5, 0.6) is 5.75 Å². The van der Waals surface area contributed by atoms with E-state index < -0.39 is 0 Å². The average Bonchev–Trinajstić information content (AvgIpc) is 2.55. The van der Waals surface area contributed by atoms with Gasteiger partial charge in [0.15, 0.2) is 5.11 Å². The van der Waals surface area contributed by atoms with Crippen LogP contribution in [0.1, 0.15) is 24.2 Å². The van der Waals surface area contributed by atoms with E-state index in [9.17, 15) is 4.79 Å². The lowest BCUT2D eigenvalue weighted by atomic mass is 10.2. The monoisotopic (exact) mass is 363 g/mol. The number of carbonyl (C=O) groups is 1. The zero-order chi connectivity index (χ0) is 17.5. The Morgan fingerprint density at radius 1 is 1.29 bits per heavy atom. The topological polar surface area (TPSA) is 63.2 Å². The van der Waals surface area contributed by atoms with E-state index >= 15 is 0 Å². The van der Waals surface area contributed by atoms with Gasteiger partial charge in [-0.05, 0) is 42.4 Å². The maximum atomic E-state index is 12.4. The van der Waals surface area contributed by atoms with Gasteiger partial charge in [0.25, 0.3) is 5.91 Å². The molecule has 0 aliphatic heterocycles. The first-order valence-electron chi connectivity index (χ1n) is 7.41. The summed E-state index contributed by atoms with van der Waals surface area (Å²) < 4.78 is 5.68. The molecule has 1 aromatic carbocycles. The van der Waals surface area contributed by atoms with Gasteiger partial charge < -0.3 is 10.1 Å². The molecule has 0 aliphatic carbocycles. The van der Waals surface area contributed by atoms with E-state index in [1.807, 2.05) is 19.9 Å². The number of amides is 1. The van der Waals surface area contributed by atoms with Crippen LogP contribution in [0.25, 0.3) is 0 Å². The Labute approximate surface area is 151 Å². The quantitative estimate of drug-likeness (QED) is 0.623. The molecule has 5 nitrogen and oxygen atoms in total. The summed E-state index contributed by atoms with van der Waals surface area (Å²) in [6, 6.07) is 10.4. The number of anilines is 1. The molecule has 2 N–H and O–H groups in total. The SMILES string of the molecule is CC(C)COc1ccccc1C(=O)NC(=S)Nc1ccc(Cl)nc1. The lowest BCUT2D eigenvalue weighted by Gasteiger charge is -2.14. The van der Waals surface area contributed by atoms with Crippen molar-refractivity contribution in [1.29, 1.82) is 0 Å². The first-order valence-corrected chi connectivity index (χ1v) is 8.20. The Hall–Kier alpha value is -2.18. The number of hydrogen-bond donors (Lipinski definition) is 2. The van der Waals surface area contributed by atoms with Crippen LogP contribution in [-0.2, 0) is 0 Å². The van der Waals surface area contributed by atoms with Crippen molar-refractivity contribution in [2.24, 2.45) is 5.92 Å². The molecule has 2 rings (SSSR count). The van der Waals surface area contributed by atoms with E-state index in [-0.39, 0.29) is 11.0 Å². The molecular formula is C17H18ClN3O2S. The van der Waals surface area contributed by atoms with Gasteiger partial charge in [0, 0.05) is 0 Å². The molecule has 0 fully saturated rings. The van der Waals surface area contributed by atoms with E-state index in [1.54, 1.807) is 30.3 Å². The van der Waals surface area contributed by atoms with Crippen molar-refractivity contribution in [1.82, 2.24) is 10.3 Å². The number of nitrogens with zero attached hydrogens (tertiary/aromatic N) is 1. The molecule has 0 unspecified atom stereocenters. The molecule has 1 amide bonds. The first kappa shape index (κ1) is 18.2. The zero-order valence-corrected chi connectivity index (χ0v) is 14.9. The Morgan fingerprint density at radius 3 is 2.71 bits per heavy atom. The third kappa shape index (κ3) is 5.47. The fourth-order valence-electron chi connectivity index (χ4n) is 1.82. The molecular weight excluding hydrogens is 346 g/mol. The fraction of sp³-hybridized carbons (Fsp3) is 0.235. The molecule has 1 aromatic heterocycles. The molecule has 7 heteroatoms. The number of ether oxygens (including phenoxy) is 1. The minimum atomic E-state index is -0.339. The van der Waals surface area contributed by atoms with Crippen molar-refractivity contribution in [3.8, 4) is 5.75 Å². The molecule has 0 bridgehead atoms. The van der Waals surface area contributed by atoms with Gasteiger partial charge in [0.05, 0.1) is 24.1 Å². The fourth-order valence-corrected chi connectivity index (χ4v) is 2.14. The smallest absolute Gasteiger partial charge is 0.261 e. The highest BCUT2D eigenvalue weighted by Crippen LogP contribution is 2.18. The summed E-state index contributed by atoms with van der Waals surface area (Å²) in [5, 5.41) is 6.06. The number of pyridine rings is 1. The Bertz CT molecular complexity index is 720. The van der Waals surface area contributed by atoms with Crippen LogP contribution in [0.3, 0.4) is 0 Å². The predicted molar refractivity (Wildman–Crippen MR) is 99.7 cm³/mol. The first-order chi connectivity index (χ1) is 11.5. The summed E-state index contributed by atoms with van der Waals surface area (Å²) in [5.41, 5.74) is 1.06. The van der Waals surface area contributed by atoms with Crippen LogP contribution in [-0.4, -0.2) is 22.6 Å². The van der Waals surface area contributed by atoms with Crippen molar-refractivity contribution in [3.05, 3.63) is 53.3 Å². The van der Waals surface area contributed by atoms with E-state index in [0.717, 1.165) is 0 Å². The molecule has 0 atom stereocenters. The minimum absolute atomic E-state index is 0.169. The van der Waals surface area contributed by atoms with E-state index in [2.05, 4.69) is 15.6 Å². The van der Waals surface area contributed by atoms with Gasteiger partial charge in [-0.1, -0.05) is 37.6 Å². The number of nitrogens with one attached hydrogen (secondary N) is 2. The number of thiocarbonyl (C=S) groups is 1. The highest BCUT2D eigenvalue weighted by atomic mass is 35.5. The van der Waals surface area contributed by atoms with Crippen molar-refractivity contribution in [2.75, 3.05) is 11.9 Å². The second kappa shape index (κ2) is 8.61. The molecule has 2 aromatic rings. The van der Waals surface area contributed by atoms with E-state index in [4.69, 9.17) is 28.6 Å². The van der Waals surface area contributed by atoms with Crippen molar-refractivity contribution in [3.63, 3.8) is 0 Å². The normalized spacial score (nSPS) is 10.3. The number of aromatic nitrogens is 1. The number of rotatable bonds is 5. The third-order valence-electron chi connectivity index (χ3n) is 2.92. The predicted octanol–water partition coefficient (Wildman–Crippen LogP) is 3.90. The summed E-state index contributed by atoms with van der Waals surface area (Å²) in [6.07, 6.45) is 1.53. The number of hydrogen-bond acceptors (Lipinski definition) is 4. The van der Waals surface area contributed by atoms with Gasteiger partial charge in [-0.25, -0.2) is 4.98 Å². The summed E-state index contributed by atoms with van der Waals surface area (Å²) in [5.74, 6) is 0.551. The minimum Gasteiger partial charge on any atom is -0.492 e. The highest BCUT2D eigenvalue weighted by Gasteiger charge is 2.14. The average molecular weight is 364 g/mol. The number of para-hydroxylation sites is 1. The molecule has 0 saturated heterocycles. The van der Waals surface area contributed by atoms with Gasteiger partial charge in [-0.3, -0.25) is 10.1 Å². The lowest BCUT2D eigenvalue weighted by Crippen LogP contribution is -2.34. The van der Waals surface area contributed by atoms with E-state index in [1.165, 1.54) is 6.20 Å². The number of benzene rings is 1. The molecule has 0 spiro atoms. The molecule has 0 saturated carbocycles. The summed E-state index contributed by atoms with van der Waals surface area (Å²) in [4.78, 5) is 16.3. The Kier molecular flexibility index (Phi) is 6.52. The molecule has 0 radical (unpaired) electrons. The summed E-state index contributed by atoms with van der Waals surface area (Å²) >= 11 is 10.9. The van der Waals surface area contributed by atoms with Crippen LogP contribution in [0.4, 0.5) is 5.69 Å². The van der Waals surface area contributed by atoms with Gasteiger partial charge >= 0.3 is 0 Å². The summed E-state index contributed by atoms with van der Waals surface area (Å²) in [6.45, 7) is 4.62. The van der Waals surface area contributed by atoms with Crippen LogP contribution < -0.4 is 15.4 Å². The van der Waals surface area contributed by atoms with Crippen LogP contribution in [0.2, 0.25) is 5.15 Å². The van der Waals surface area contributed by atoms with Gasteiger partial charge in [-0.2, -0.15) is 0 Å². The zero-order valence-electron chi connectivity index (χ0n) is 13.4. The maximum absolute atomic E-state index is 12.4. The Balaban J connectivity index is 2.01. The number of halogens is 1. The molecule has 1 heterocycles. The standard InChI is InChI=1S/C17H18ClN3O2S/c1-11(2)10-23-14-6-4-3-5-13(14)16(22)21-17(24)20-12-7-8-15(18)19-9-12/h3-9,11H,10H2,1-2H3,(H2,20,21,22,24). The van der Waals surface area contributed by atoms with Crippen LogP contribution in [0, 0.1) is 5.92 Å². The second-order valence-corrected chi connectivity index (χ2v) is 6.27. The van der Waals surface area contributed by atoms with Crippen LogP contribution in [0.15, 0.2) is 42.6 Å². The van der Waals surface area contributed by atoms with Crippen LogP contribution >= 0.6 is 23.8 Å². The van der Waals surface area contributed by atoms with Crippen molar-refractivity contribution in [2.45, 2.75) is 13.8 Å². The summed E-state index contributed by atoms with van der Waals surface area (Å²) in [7, 11) is 0. The van der Waals surface area contributed by atoms with Gasteiger partial charge in [0.1, 0.15) is 10.9 Å². The lowest BCUT2D eigenvalue weighted by molar-refractivity contribution is 0.0973. The van der Waals surface area contributed by atoms with Gasteiger partial charge in [0.2, 0.25) is 0 Å².